The van der Waals surface area contributed by atoms with Gasteiger partial charge in [0.25, 0.3) is 0 Å². The van der Waals surface area contributed by atoms with Gasteiger partial charge in [0.05, 0.1) is 32.8 Å². The molecule has 1 aliphatic heterocycles. The lowest BCUT2D eigenvalue weighted by molar-refractivity contribution is -0.134. The number of likely N-dealkylation sites (tertiary alicyclic amines) is 1. The Morgan fingerprint density at radius 2 is 2.00 bits per heavy atom. The van der Waals surface area contributed by atoms with Crippen LogP contribution in [0.25, 0.3) is 0 Å². The van der Waals surface area contributed by atoms with Crippen LogP contribution in [0.3, 0.4) is 0 Å². The topological polar surface area (TPSA) is 81.9 Å². The largest absolute Gasteiger partial charge is 0.379 e. The maximum absolute atomic E-state index is 11.9. The number of piperidine rings is 1. The zero-order valence-electron chi connectivity index (χ0n) is 11.4. The maximum atomic E-state index is 11.9. The van der Waals surface area contributed by atoms with Crippen molar-refractivity contribution in [2.75, 3.05) is 46.1 Å². The van der Waals surface area contributed by atoms with Crippen LogP contribution in [0.4, 0.5) is 0 Å². The first kappa shape index (κ1) is 16.1. The third-order valence-electron chi connectivity index (χ3n) is 3.10. The van der Waals surface area contributed by atoms with Gasteiger partial charge in [0, 0.05) is 25.6 Å². The summed E-state index contributed by atoms with van der Waals surface area (Å²) in [6.07, 6.45) is 3.11. The van der Waals surface area contributed by atoms with E-state index in [1.54, 1.807) is 4.90 Å². The average Bonchev–Trinajstić information content (AvgIpc) is 2.46. The molecule has 0 aromatic rings. The lowest BCUT2D eigenvalue weighted by Crippen LogP contribution is -2.40. The van der Waals surface area contributed by atoms with Crippen LogP contribution in [0.5, 0.6) is 0 Å². The predicted octanol–water partition coefficient (Wildman–Crippen LogP) is -0.194. The normalized spacial score (nSPS) is 19.4. The molecule has 1 rings (SSSR count). The SMILES string of the molecule is NCCOCCOCCC(=O)N1CCC[C@@H](C=O)C1. The van der Waals surface area contributed by atoms with Crippen molar-refractivity contribution in [2.45, 2.75) is 19.3 Å². The van der Waals surface area contributed by atoms with Crippen LogP contribution >= 0.6 is 0 Å². The number of ether oxygens (including phenoxy) is 2. The Balaban J connectivity index is 2.05. The standard InChI is InChI=1S/C13H24N2O4/c14-4-7-19-9-8-18-6-3-13(17)15-5-1-2-12(10-15)11-16/h11-12H,1-10,14H2/t12-/m1/s1. The second-order valence-corrected chi connectivity index (χ2v) is 4.64. The fourth-order valence-electron chi connectivity index (χ4n) is 2.07. The molecule has 0 spiro atoms. The molecule has 0 aromatic carbocycles. The molecule has 1 heterocycles. The van der Waals surface area contributed by atoms with E-state index in [-0.39, 0.29) is 11.8 Å². The van der Waals surface area contributed by atoms with E-state index in [0.717, 1.165) is 25.7 Å². The number of aldehydes is 1. The summed E-state index contributed by atoms with van der Waals surface area (Å²) in [5.74, 6) is 0.0673. The van der Waals surface area contributed by atoms with Gasteiger partial charge in [-0.05, 0) is 12.8 Å². The van der Waals surface area contributed by atoms with Crippen molar-refractivity contribution in [3.8, 4) is 0 Å². The van der Waals surface area contributed by atoms with E-state index in [1.165, 1.54) is 0 Å². The van der Waals surface area contributed by atoms with E-state index in [0.29, 0.717) is 45.9 Å². The maximum Gasteiger partial charge on any atom is 0.224 e. The summed E-state index contributed by atoms with van der Waals surface area (Å²) in [6, 6.07) is 0. The molecule has 110 valence electrons. The van der Waals surface area contributed by atoms with Gasteiger partial charge in [-0.1, -0.05) is 0 Å². The molecule has 0 saturated carbocycles. The molecule has 2 N–H and O–H groups in total. The van der Waals surface area contributed by atoms with E-state index in [4.69, 9.17) is 15.2 Å². The van der Waals surface area contributed by atoms with Crippen LogP contribution < -0.4 is 5.73 Å². The molecular weight excluding hydrogens is 248 g/mol. The molecule has 1 saturated heterocycles. The summed E-state index contributed by atoms with van der Waals surface area (Å²) in [6.45, 7) is 3.72. The first-order valence-corrected chi connectivity index (χ1v) is 6.86. The molecule has 19 heavy (non-hydrogen) atoms. The number of hydrogen-bond donors (Lipinski definition) is 1. The van der Waals surface area contributed by atoms with E-state index in [2.05, 4.69) is 0 Å². The minimum absolute atomic E-state index is 0.00304. The first-order chi connectivity index (χ1) is 9.27. The Labute approximate surface area is 114 Å². The molecule has 0 aliphatic carbocycles. The van der Waals surface area contributed by atoms with Gasteiger partial charge in [-0.25, -0.2) is 0 Å². The van der Waals surface area contributed by atoms with Gasteiger partial charge in [-0.2, -0.15) is 0 Å². The average molecular weight is 272 g/mol. The Morgan fingerprint density at radius 3 is 2.68 bits per heavy atom. The number of carbonyl (C=O) groups is 2. The highest BCUT2D eigenvalue weighted by Crippen LogP contribution is 2.15. The Morgan fingerprint density at radius 1 is 1.26 bits per heavy atom. The minimum atomic E-state index is 0.00304. The Bertz CT molecular complexity index is 273. The highest BCUT2D eigenvalue weighted by Gasteiger charge is 2.22. The lowest BCUT2D eigenvalue weighted by atomic mass is 9.99. The molecule has 1 fully saturated rings. The molecule has 0 bridgehead atoms. The van der Waals surface area contributed by atoms with Gasteiger partial charge in [0.1, 0.15) is 6.29 Å². The van der Waals surface area contributed by atoms with Gasteiger partial charge >= 0.3 is 0 Å². The predicted molar refractivity (Wildman–Crippen MR) is 70.7 cm³/mol. The summed E-state index contributed by atoms with van der Waals surface area (Å²) in [5.41, 5.74) is 5.27. The molecular formula is C13H24N2O4. The third-order valence-corrected chi connectivity index (χ3v) is 3.10. The Kier molecular flexibility index (Phi) is 8.36. The second-order valence-electron chi connectivity index (χ2n) is 4.64. The van der Waals surface area contributed by atoms with Gasteiger partial charge in [0.2, 0.25) is 5.91 Å². The molecule has 1 amide bonds. The van der Waals surface area contributed by atoms with Gasteiger partial charge in [-0.15, -0.1) is 0 Å². The molecule has 1 atom stereocenters. The molecule has 1 aliphatic rings. The van der Waals surface area contributed by atoms with Crippen molar-refractivity contribution in [2.24, 2.45) is 11.7 Å². The smallest absolute Gasteiger partial charge is 0.224 e. The lowest BCUT2D eigenvalue weighted by Gasteiger charge is -2.30. The molecule has 0 aromatic heterocycles. The minimum Gasteiger partial charge on any atom is -0.379 e. The fraction of sp³-hybridized carbons (Fsp3) is 0.846. The third kappa shape index (κ3) is 6.66. The highest BCUT2D eigenvalue weighted by molar-refractivity contribution is 5.76. The summed E-state index contributed by atoms with van der Waals surface area (Å²) in [7, 11) is 0. The van der Waals surface area contributed by atoms with Crippen molar-refractivity contribution >= 4 is 12.2 Å². The van der Waals surface area contributed by atoms with Crippen LogP contribution in [0, 0.1) is 5.92 Å². The van der Waals surface area contributed by atoms with Crippen molar-refractivity contribution in [3.05, 3.63) is 0 Å². The summed E-state index contributed by atoms with van der Waals surface area (Å²) >= 11 is 0. The van der Waals surface area contributed by atoms with Crippen LogP contribution in [0.15, 0.2) is 0 Å². The van der Waals surface area contributed by atoms with Crippen molar-refractivity contribution in [1.82, 2.24) is 4.90 Å². The van der Waals surface area contributed by atoms with Crippen molar-refractivity contribution in [3.63, 3.8) is 0 Å². The van der Waals surface area contributed by atoms with Crippen LogP contribution in [-0.4, -0.2) is 63.2 Å². The summed E-state index contributed by atoms with van der Waals surface area (Å²) in [4.78, 5) is 24.4. The number of hydrogen-bond acceptors (Lipinski definition) is 5. The zero-order chi connectivity index (χ0) is 13.9. The van der Waals surface area contributed by atoms with Crippen molar-refractivity contribution < 1.29 is 19.1 Å². The highest BCUT2D eigenvalue weighted by atomic mass is 16.5. The van der Waals surface area contributed by atoms with Crippen molar-refractivity contribution in [1.29, 1.82) is 0 Å². The van der Waals surface area contributed by atoms with E-state index in [9.17, 15) is 9.59 Å². The van der Waals surface area contributed by atoms with E-state index in [1.807, 2.05) is 0 Å². The molecule has 0 unspecified atom stereocenters. The molecule has 0 radical (unpaired) electrons. The van der Waals surface area contributed by atoms with E-state index < -0.39 is 0 Å². The second kappa shape index (κ2) is 9.89. The number of nitrogens with zero attached hydrogens (tertiary/aromatic N) is 1. The quantitative estimate of drug-likeness (QED) is 0.464. The fourth-order valence-corrected chi connectivity index (χ4v) is 2.07. The number of carbonyl (C=O) groups excluding carboxylic acids is 2. The summed E-state index contributed by atoms with van der Waals surface area (Å²) < 4.78 is 10.5. The monoisotopic (exact) mass is 272 g/mol. The van der Waals surface area contributed by atoms with Gasteiger partial charge in [0.15, 0.2) is 0 Å². The number of amides is 1. The molecule has 6 nitrogen and oxygen atoms in total. The first-order valence-electron chi connectivity index (χ1n) is 6.86. The Hall–Kier alpha value is -0.980. The van der Waals surface area contributed by atoms with E-state index >= 15 is 0 Å². The van der Waals surface area contributed by atoms with Crippen LogP contribution in [-0.2, 0) is 19.1 Å². The summed E-state index contributed by atoms with van der Waals surface area (Å²) in [5, 5.41) is 0. The van der Waals surface area contributed by atoms with Gasteiger partial charge < -0.3 is 24.9 Å². The number of nitrogens with two attached hydrogens (primary N) is 1. The zero-order valence-corrected chi connectivity index (χ0v) is 11.4. The van der Waals surface area contributed by atoms with Gasteiger partial charge in [-0.3, -0.25) is 4.79 Å². The molecule has 6 heteroatoms. The van der Waals surface area contributed by atoms with Crippen LogP contribution in [0.1, 0.15) is 19.3 Å². The van der Waals surface area contributed by atoms with Crippen LogP contribution in [0.2, 0.25) is 0 Å². The number of rotatable bonds is 9.